The van der Waals surface area contributed by atoms with Gasteiger partial charge in [0, 0.05) is 19.8 Å². The van der Waals surface area contributed by atoms with E-state index in [1.165, 1.54) is 18.5 Å². The van der Waals surface area contributed by atoms with Crippen LogP contribution in [0.25, 0.3) is 0 Å². The van der Waals surface area contributed by atoms with Crippen molar-refractivity contribution in [2.24, 2.45) is 0 Å². The van der Waals surface area contributed by atoms with E-state index in [2.05, 4.69) is 4.98 Å². The van der Waals surface area contributed by atoms with Crippen LogP contribution in [0, 0.1) is 6.92 Å². The molecule has 1 aromatic heterocycles. The van der Waals surface area contributed by atoms with Crippen molar-refractivity contribution in [3.8, 4) is 5.75 Å². The monoisotopic (exact) mass is 256 g/mol. The first kappa shape index (κ1) is 13.1. The highest BCUT2D eigenvalue weighted by Gasteiger charge is 2.13. The van der Waals surface area contributed by atoms with E-state index in [9.17, 15) is 9.90 Å². The SMILES string of the molecule is Cc1ccccc1CN(C)C(=O)c1cncc(O)c1. The summed E-state index contributed by atoms with van der Waals surface area (Å²) in [5.41, 5.74) is 2.64. The first-order valence-corrected chi connectivity index (χ1v) is 6.02. The van der Waals surface area contributed by atoms with Crippen LogP contribution in [0.15, 0.2) is 42.7 Å². The number of amides is 1. The molecule has 0 bridgehead atoms. The summed E-state index contributed by atoms with van der Waals surface area (Å²) in [4.78, 5) is 17.6. The molecule has 0 spiro atoms. The van der Waals surface area contributed by atoms with E-state index in [-0.39, 0.29) is 11.7 Å². The first-order chi connectivity index (χ1) is 9.08. The zero-order chi connectivity index (χ0) is 13.8. The van der Waals surface area contributed by atoms with Crippen LogP contribution in [-0.2, 0) is 6.54 Å². The van der Waals surface area contributed by atoms with E-state index in [0.717, 1.165) is 11.1 Å². The van der Waals surface area contributed by atoms with Gasteiger partial charge in [-0.3, -0.25) is 9.78 Å². The van der Waals surface area contributed by atoms with E-state index in [4.69, 9.17) is 0 Å². The number of carbonyl (C=O) groups is 1. The summed E-state index contributed by atoms with van der Waals surface area (Å²) in [6, 6.07) is 9.36. The van der Waals surface area contributed by atoms with Crippen LogP contribution in [0.1, 0.15) is 21.5 Å². The van der Waals surface area contributed by atoms with E-state index < -0.39 is 0 Å². The van der Waals surface area contributed by atoms with Crippen molar-refractivity contribution in [1.82, 2.24) is 9.88 Å². The molecule has 2 rings (SSSR count). The van der Waals surface area contributed by atoms with Crippen molar-refractivity contribution in [2.45, 2.75) is 13.5 Å². The lowest BCUT2D eigenvalue weighted by Gasteiger charge is -2.18. The van der Waals surface area contributed by atoms with Crippen molar-refractivity contribution in [1.29, 1.82) is 0 Å². The van der Waals surface area contributed by atoms with Gasteiger partial charge in [-0.2, -0.15) is 0 Å². The fraction of sp³-hybridized carbons (Fsp3) is 0.200. The highest BCUT2D eigenvalue weighted by atomic mass is 16.3. The molecule has 19 heavy (non-hydrogen) atoms. The van der Waals surface area contributed by atoms with Crippen molar-refractivity contribution >= 4 is 5.91 Å². The number of aromatic hydroxyl groups is 1. The molecule has 1 amide bonds. The number of rotatable bonds is 3. The molecule has 98 valence electrons. The van der Waals surface area contributed by atoms with E-state index >= 15 is 0 Å². The maximum absolute atomic E-state index is 12.2. The highest BCUT2D eigenvalue weighted by Crippen LogP contribution is 2.14. The molecule has 0 radical (unpaired) electrons. The molecule has 4 heteroatoms. The molecule has 2 aromatic rings. The summed E-state index contributed by atoms with van der Waals surface area (Å²) < 4.78 is 0. The molecule has 1 N–H and O–H groups in total. The van der Waals surface area contributed by atoms with Crippen LogP contribution >= 0.6 is 0 Å². The van der Waals surface area contributed by atoms with E-state index in [0.29, 0.717) is 12.1 Å². The van der Waals surface area contributed by atoms with Gasteiger partial charge >= 0.3 is 0 Å². The molecule has 1 heterocycles. The summed E-state index contributed by atoms with van der Waals surface area (Å²) in [6.07, 6.45) is 2.76. The second kappa shape index (κ2) is 5.52. The van der Waals surface area contributed by atoms with E-state index in [1.807, 2.05) is 31.2 Å². The lowest BCUT2D eigenvalue weighted by Crippen LogP contribution is -2.26. The van der Waals surface area contributed by atoms with Gasteiger partial charge in [-0.25, -0.2) is 0 Å². The standard InChI is InChI=1S/C15H16N2O2/c1-11-5-3-4-6-12(11)10-17(2)15(19)13-7-14(18)9-16-8-13/h3-9,18H,10H2,1-2H3. The molecule has 0 aliphatic heterocycles. The van der Waals surface area contributed by atoms with Gasteiger partial charge < -0.3 is 10.0 Å². The third-order valence-corrected chi connectivity index (χ3v) is 2.99. The Morgan fingerprint density at radius 3 is 2.74 bits per heavy atom. The Kier molecular flexibility index (Phi) is 3.80. The number of aromatic nitrogens is 1. The van der Waals surface area contributed by atoms with E-state index in [1.54, 1.807) is 11.9 Å². The van der Waals surface area contributed by atoms with Gasteiger partial charge in [0.25, 0.3) is 5.91 Å². The molecule has 0 unspecified atom stereocenters. The quantitative estimate of drug-likeness (QED) is 0.917. The van der Waals surface area contributed by atoms with Gasteiger partial charge in [-0.15, -0.1) is 0 Å². The lowest BCUT2D eigenvalue weighted by atomic mass is 10.1. The summed E-state index contributed by atoms with van der Waals surface area (Å²) in [5, 5.41) is 9.34. The van der Waals surface area contributed by atoms with Crippen LogP contribution in [0.5, 0.6) is 5.75 Å². The van der Waals surface area contributed by atoms with Gasteiger partial charge in [0.05, 0.1) is 11.8 Å². The number of carbonyl (C=O) groups excluding carboxylic acids is 1. The summed E-state index contributed by atoms with van der Waals surface area (Å²) in [7, 11) is 1.73. The Balaban J connectivity index is 2.14. The predicted octanol–water partition coefficient (Wildman–Crippen LogP) is 2.37. The molecular weight excluding hydrogens is 240 g/mol. The van der Waals surface area contributed by atoms with Crippen LogP contribution < -0.4 is 0 Å². The van der Waals surface area contributed by atoms with Crippen LogP contribution in [0.3, 0.4) is 0 Å². The van der Waals surface area contributed by atoms with Crippen LogP contribution in [-0.4, -0.2) is 27.9 Å². The molecule has 0 atom stereocenters. The average Bonchev–Trinajstić information content (AvgIpc) is 2.40. The van der Waals surface area contributed by atoms with Crippen molar-refractivity contribution < 1.29 is 9.90 Å². The van der Waals surface area contributed by atoms with Gasteiger partial charge in [0.15, 0.2) is 0 Å². The second-order valence-electron chi connectivity index (χ2n) is 4.52. The maximum atomic E-state index is 12.2. The fourth-order valence-corrected chi connectivity index (χ4v) is 1.88. The Hall–Kier alpha value is -2.36. The number of pyridine rings is 1. The zero-order valence-electron chi connectivity index (χ0n) is 11.0. The maximum Gasteiger partial charge on any atom is 0.255 e. The Morgan fingerprint density at radius 2 is 2.05 bits per heavy atom. The van der Waals surface area contributed by atoms with Crippen molar-refractivity contribution in [2.75, 3.05) is 7.05 Å². The van der Waals surface area contributed by atoms with Gasteiger partial charge in [0.2, 0.25) is 0 Å². The van der Waals surface area contributed by atoms with Crippen LogP contribution in [0.2, 0.25) is 0 Å². The fourth-order valence-electron chi connectivity index (χ4n) is 1.88. The lowest BCUT2D eigenvalue weighted by molar-refractivity contribution is 0.0784. The number of benzene rings is 1. The normalized spacial score (nSPS) is 10.2. The molecule has 4 nitrogen and oxygen atoms in total. The molecule has 0 aliphatic rings. The predicted molar refractivity (Wildman–Crippen MR) is 72.9 cm³/mol. The summed E-state index contributed by atoms with van der Waals surface area (Å²) >= 11 is 0. The topological polar surface area (TPSA) is 53.4 Å². The number of hydrogen-bond acceptors (Lipinski definition) is 3. The Labute approximate surface area is 112 Å². The van der Waals surface area contributed by atoms with Gasteiger partial charge in [-0.05, 0) is 24.1 Å². The number of aryl methyl sites for hydroxylation is 1. The number of hydrogen-bond donors (Lipinski definition) is 1. The molecular formula is C15H16N2O2. The molecule has 0 saturated carbocycles. The average molecular weight is 256 g/mol. The molecule has 1 aromatic carbocycles. The highest BCUT2D eigenvalue weighted by molar-refractivity contribution is 5.94. The van der Waals surface area contributed by atoms with Gasteiger partial charge in [-0.1, -0.05) is 24.3 Å². The second-order valence-corrected chi connectivity index (χ2v) is 4.52. The zero-order valence-corrected chi connectivity index (χ0v) is 11.0. The third kappa shape index (κ3) is 3.10. The summed E-state index contributed by atoms with van der Waals surface area (Å²) in [5.74, 6) is -0.165. The Bertz CT molecular complexity index is 596. The molecule has 0 fully saturated rings. The Morgan fingerprint density at radius 1 is 1.32 bits per heavy atom. The molecule has 0 saturated heterocycles. The first-order valence-electron chi connectivity index (χ1n) is 6.02. The minimum Gasteiger partial charge on any atom is -0.506 e. The minimum atomic E-state index is -0.161. The van der Waals surface area contributed by atoms with Crippen LogP contribution in [0.4, 0.5) is 0 Å². The smallest absolute Gasteiger partial charge is 0.255 e. The van der Waals surface area contributed by atoms with Crippen molar-refractivity contribution in [3.05, 3.63) is 59.4 Å². The minimum absolute atomic E-state index is 0.00450. The number of nitrogens with zero attached hydrogens (tertiary/aromatic N) is 2. The third-order valence-electron chi connectivity index (χ3n) is 2.99. The largest absolute Gasteiger partial charge is 0.506 e. The molecule has 0 aliphatic carbocycles. The summed E-state index contributed by atoms with van der Waals surface area (Å²) in [6.45, 7) is 2.55. The van der Waals surface area contributed by atoms with Gasteiger partial charge in [0.1, 0.15) is 5.75 Å². The van der Waals surface area contributed by atoms with Crippen molar-refractivity contribution in [3.63, 3.8) is 0 Å².